The Labute approximate surface area is 97.2 Å². The third-order valence-electron chi connectivity index (χ3n) is 3.84. The van der Waals surface area contributed by atoms with Gasteiger partial charge in [0.25, 0.3) is 0 Å². The first kappa shape index (κ1) is 13.2. The van der Waals surface area contributed by atoms with Crippen LogP contribution in [0.1, 0.15) is 41.0 Å². The van der Waals surface area contributed by atoms with Crippen molar-refractivity contribution in [1.29, 1.82) is 0 Å². The van der Waals surface area contributed by atoms with E-state index < -0.39 is 11.0 Å². The smallest absolute Gasteiger partial charge is 0.236 e. The molecule has 1 aliphatic heterocycles. The average Bonchev–Trinajstić information content (AvgIpc) is 2.39. The fourth-order valence-corrected chi connectivity index (χ4v) is 1.99. The highest BCUT2D eigenvalue weighted by Gasteiger charge is 2.53. The summed E-state index contributed by atoms with van der Waals surface area (Å²) in [5.41, 5.74) is 4.48. The van der Waals surface area contributed by atoms with E-state index in [4.69, 9.17) is 5.73 Å². The molecular formula is C12H22N2O2. The molecule has 1 heterocycles. The van der Waals surface area contributed by atoms with Crippen molar-refractivity contribution >= 4 is 11.8 Å². The molecule has 0 aromatic carbocycles. The van der Waals surface area contributed by atoms with Crippen LogP contribution in [-0.2, 0) is 9.59 Å². The second-order valence-electron chi connectivity index (χ2n) is 5.80. The van der Waals surface area contributed by atoms with E-state index in [0.29, 0.717) is 13.0 Å². The molecule has 1 rings (SSSR count). The molecule has 2 amide bonds. The van der Waals surface area contributed by atoms with Gasteiger partial charge in [0.15, 0.2) is 0 Å². The Balaban J connectivity index is 3.10. The number of hydrogen-bond donors (Lipinski definition) is 1. The van der Waals surface area contributed by atoms with Crippen molar-refractivity contribution < 1.29 is 9.59 Å². The first-order chi connectivity index (χ1) is 7.16. The second kappa shape index (κ2) is 3.84. The maximum atomic E-state index is 12.3. The van der Waals surface area contributed by atoms with Gasteiger partial charge in [-0.3, -0.25) is 14.5 Å². The van der Waals surface area contributed by atoms with Gasteiger partial charge in [0.05, 0.1) is 11.0 Å². The maximum Gasteiger partial charge on any atom is 0.236 e. The first-order valence-electron chi connectivity index (χ1n) is 5.74. The lowest BCUT2D eigenvalue weighted by Crippen LogP contribution is -2.53. The van der Waals surface area contributed by atoms with Crippen LogP contribution in [0.25, 0.3) is 0 Å². The van der Waals surface area contributed by atoms with Crippen LogP contribution in [0.2, 0.25) is 0 Å². The Kier molecular flexibility index (Phi) is 3.16. The van der Waals surface area contributed by atoms with Gasteiger partial charge in [-0.2, -0.15) is 0 Å². The van der Waals surface area contributed by atoms with Crippen LogP contribution < -0.4 is 5.73 Å². The van der Waals surface area contributed by atoms with Crippen molar-refractivity contribution in [3.8, 4) is 0 Å². The lowest BCUT2D eigenvalue weighted by Gasteiger charge is -2.35. The summed E-state index contributed by atoms with van der Waals surface area (Å²) in [7, 11) is 0. The lowest BCUT2D eigenvalue weighted by molar-refractivity contribution is -0.147. The van der Waals surface area contributed by atoms with Crippen molar-refractivity contribution in [3.05, 3.63) is 0 Å². The van der Waals surface area contributed by atoms with E-state index in [-0.39, 0.29) is 17.7 Å². The molecule has 16 heavy (non-hydrogen) atoms. The number of carbonyl (C=O) groups excluding carboxylic acids is 2. The molecule has 4 nitrogen and oxygen atoms in total. The standard InChI is InChI=1S/C12H22N2O2/c1-8(2)12(5)6-9(15)14(10(12)16)11(3,4)7-13/h8H,6-7,13H2,1-5H3. The first-order valence-corrected chi connectivity index (χ1v) is 5.74. The number of rotatable bonds is 3. The molecule has 1 fully saturated rings. The van der Waals surface area contributed by atoms with Gasteiger partial charge in [0.1, 0.15) is 0 Å². The molecule has 0 radical (unpaired) electrons. The fraction of sp³-hybridized carbons (Fsp3) is 0.833. The van der Waals surface area contributed by atoms with Crippen molar-refractivity contribution in [2.24, 2.45) is 17.1 Å². The number of hydrogen-bond acceptors (Lipinski definition) is 3. The highest BCUT2D eigenvalue weighted by molar-refractivity contribution is 6.06. The summed E-state index contributed by atoms with van der Waals surface area (Å²) in [6.45, 7) is 9.77. The number of nitrogens with zero attached hydrogens (tertiary/aromatic N) is 1. The zero-order valence-corrected chi connectivity index (χ0v) is 10.8. The van der Waals surface area contributed by atoms with E-state index in [9.17, 15) is 9.59 Å². The van der Waals surface area contributed by atoms with Crippen LogP contribution >= 0.6 is 0 Å². The van der Waals surface area contributed by atoms with Gasteiger partial charge < -0.3 is 5.73 Å². The van der Waals surface area contributed by atoms with E-state index >= 15 is 0 Å². The predicted octanol–water partition coefficient (Wildman–Crippen LogP) is 1.14. The Morgan fingerprint density at radius 2 is 1.94 bits per heavy atom. The fourth-order valence-electron chi connectivity index (χ4n) is 1.99. The summed E-state index contributed by atoms with van der Waals surface area (Å²) >= 11 is 0. The molecule has 4 heteroatoms. The van der Waals surface area contributed by atoms with Gasteiger partial charge in [-0.25, -0.2) is 0 Å². The molecule has 1 atom stereocenters. The summed E-state index contributed by atoms with van der Waals surface area (Å²) in [6.07, 6.45) is 0.299. The maximum absolute atomic E-state index is 12.3. The summed E-state index contributed by atoms with van der Waals surface area (Å²) in [6, 6.07) is 0. The molecule has 2 N–H and O–H groups in total. The quantitative estimate of drug-likeness (QED) is 0.734. The number of nitrogens with two attached hydrogens (primary N) is 1. The van der Waals surface area contributed by atoms with Crippen LogP contribution in [0.5, 0.6) is 0 Å². The van der Waals surface area contributed by atoms with Gasteiger partial charge in [0, 0.05) is 13.0 Å². The van der Waals surface area contributed by atoms with Gasteiger partial charge in [-0.05, 0) is 26.7 Å². The molecule has 1 unspecified atom stereocenters. The third kappa shape index (κ3) is 1.75. The van der Waals surface area contributed by atoms with Crippen LogP contribution in [0.15, 0.2) is 0 Å². The van der Waals surface area contributed by atoms with Crippen molar-refractivity contribution in [3.63, 3.8) is 0 Å². The summed E-state index contributed by atoms with van der Waals surface area (Å²) in [5, 5.41) is 0. The molecule has 0 aliphatic carbocycles. The highest BCUT2D eigenvalue weighted by atomic mass is 16.2. The van der Waals surface area contributed by atoms with Gasteiger partial charge in [-0.15, -0.1) is 0 Å². The van der Waals surface area contributed by atoms with Crippen LogP contribution in [0.3, 0.4) is 0 Å². The number of amides is 2. The number of imide groups is 1. The van der Waals surface area contributed by atoms with Gasteiger partial charge >= 0.3 is 0 Å². The molecular weight excluding hydrogens is 204 g/mol. The normalized spacial score (nSPS) is 27.1. The second-order valence-corrected chi connectivity index (χ2v) is 5.80. The topological polar surface area (TPSA) is 63.4 Å². The van der Waals surface area contributed by atoms with Crippen LogP contribution in [-0.4, -0.2) is 28.8 Å². The Hall–Kier alpha value is -0.900. The van der Waals surface area contributed by atoms with Gasteiger partial charge in [-0.1, -0.05) is 13.8 Å². The Bertz CT molecular complexity index is 323. The summed E-state index contributed by atoms with van der Waals surface area (Å²) in [4.78, 5) is 25.6. The third-order valence-corrected chi connectivity index (χ3v) is 3.84. The van der Waals surface area contributed by atoms with E-state index in [1.54, 1.807) is 0 Å². The van der Waals surface area contributed by atoms with Crippen LogP contribution in [0, 0.1) is 11.3 Å². The summed E-state index contributed by atoms with van der Waals surface area (Å²) in [5.74, 6) is -0.0258. The van der Waals surface area contributed by atoms with E-state index in [0.717, 1.165) is 0 Å². The van der Waals surface area contributed by atoms with Crippen molar-refractivity contribution in [1.82, 2.24) is 4.90 Å². The molecule has 0 saturated carbocycles. The zero-order valence-electron chi connectivity index (χ0n) is 10.8. The van der Waals surface area contributed by atoms with Crippen LogP contribution in [0.4, 0.5) is 0 Å². The summed E-state index contributed by atoms with van der Waals surface area (Å²) < 4.78 is 0. The average molecular weight is 226 g/mol. The van der Waals surface area contributed by atoms with Gasteiger partial charge in [0.2, 0.25) is 11.8 Å². The predicted molar refractivity (Wildman–Crippen MR) is 62.5 cm³/mol. The molecule has 92 valence electrons. The number of likely N-dealkylation sites (tertiary alicyclic amines) is 1. The van der Waals surface area contributed by atoms with Crippen molar-refractivity contribution in [2.45, 2.75) is 46.6 Å². The molecule has 0 aromatic heterocycles. The molecule has 0 spiro atoms. The van der Waals surface area contributed by atoms with E-state index in [1.165, 1.54) is 4.90 Å². The minimum atomic E-state index is -0.583. The van der Waals surface area contributed by atoms with E-state index in [1.807, 2.05) is 34.6 Å². The minimum absolute atomic E-state index is 0.0806. The minimum Gasteiger partial charge on any atom is -0.328 e. The van der Waals surface area contributed by atoms with Crippen molar-refractivity contribution in [2.75, 3.05) is 6.54 Å². The highest BCUT2D eigenvalue weighted by Crippen LogP contribution is 2.41. The molecule has 0 aromatic rings. The molecule has 1 saturated heterocycles. The zero-order chi connectivity index (χ0) is 12.7. The largest absolute Gasteiger partial charge is 0.328 e. The number of carbonyl (C=O) groups is 2. The molecule has 0 bridgehead atoms. The Morgan fingerprint density at radius 3 is 2.25 bits per heavy atom. The monoisotopic (exact) mass is 226 g/mol. The SMILES string of the molecule is CC(C)C1(C)CC(=O)N(C(C)(C)CN)C1=O. The lowest BCUT2D eigenvalue weighted by atomic mass is 9.77. The Morgan fingerprint density at radius 1 is 1.44 bits per heavy atom. The molecule has 1 aliphatic rings. The van der Waals surface area contributed by atoms with E-state index in [2.05, 4.69) is 0 Å².